The number of para-hydroxylation sites is 1. The van der Waals surface area contributed by atoms with E-state index in [-0.39, 0.29) is 17.2 Å². The molecule has 0 aliphatic rings. The van der Waals surface area contributed by atoms with Crippen LogP contribution in [0.25, 0.3) is 10.9 Å². The normalized spacial score (nSPS) is 10.4. The summed E-state index contributed by atoms with van der Waals surface area (Å²) in [7, 11) is 0. The first kappa shape index (κ1) is 18.7. The number of aromatic nitrogens is 4. The highest BCUT2D eigenvalue weighted by atomic mass is 16.6. The summed E-state index contributed by atoms with van der Waals surface area (Å²) in [5, 5.41) is 15.5. The third-order valence-corrected chi connectivity index (χ3v) is 4.11. The summed E-state index contributed by atoms with van der Waals surface area (Å²) in [6.07, 6.45) is 5.67. The number of nitro groups is 1. The second-order valence-electron chi connectivity index (χ2n) is 6.00. The molecule has 4 rings (SSSR count). The molecule has 0 fully saturated rings. The summed E-state index contributed by atoms with van der Waals surface area (Å²) in [4.78, 5) is 39.3. The van der Waals surface area contributed by atoms with Crippen LogP contribution >= 0.6 is 0 Å². The lowest BCUT2D eigenvalue weighted by Gasteiger charge is -2.11. The van der Waals surface area contributed by atoms with Gasteiger partial charge in [-0.05, 0) is 24.3 Å². The number of carbonyl (C=O) groups is 1. The largest absolute Gasteiger partial charge is 0.355 e. The van der Waals surface area contributed by atoms with E-state index in [1.54, 1.807) is 36.5 Å². The van der Waals surface area contributed by atoms with Gasteiger partial charge in [-0.15, -0.1) is 0 Å². The van der Waals surface area contributed by atoms with E-state index in [2.05, 4.69) is 36.1 Å². The van der Waals surface area contributed by atoms with E-state index in [9.17, 15) is 14.9 Å². The highest BCUT2D eigenvalue weighted by Gasteiger charge is 2.24. The average molecular weight is 402 g/mol. The Kier molecular flexibility index (Phi) is 5.07. The maximum atomic E-state index is 12.2. The van der Waals surface area contributed by atoms with E-state index in [4.69, 9.17) is 0 Å². The summed E-state index contributed by atoms with van der Waals surface area (Å²) in [6.45, 7) is 0. The first-order chi connectivity index (χ1) is 14.6. The van der Waals surface area contributed by atoms with Crippen LogP contribution in [-0.4, -0.2) is 30.8 Å². The summed E-state index contributed by atoms with van der Waals surface area (Å²) >= 11 is 0. The van der Waals surface area contributed by atoms with Crippen molar-refractivity contribution in [2.24, 2.45) is 0 Å². The van der Waals surface area contributed by atoms with Crippen molar-refractivity contribution in [3.8, 4) is 0 Å². The molecule has 1 amide bonds. The third-order valence-electron chi connectivity index (χ3n) is 4.11. The molecule has 3 heterocycles. The van der Waals surface area contributed by atoms with Gasteiger partial charge < -0.3 is 5.32 Å². The minimum absolute atomic E-state index is 0.0497. The Morgan fingerprint density at radius 1 is 0.967 bits per heavy atom. The molecule has 0 unspecified atom stereocenters. The van der Waals surface area contributed by atoms with E-state index >= 15 is 0 Å². The molecule has 4 aromatic rings. The molecular formula is C19H14N8O3. The molecule has 1 aromatic carbocycles. The quantitative estimate of drug-likeness (QED) is 0.327. The fourth-order valence-electron chi connectivity index (χ4n) is 2.75. The van der Waals surface area contributed by atoms with Gasteiger partial charge in [-0.3, -0.25) is 35.7 Å². The topological polar surface area (TPSA) is 148 Å². The Morgan fingerprint density at radius 2 is 1.77 bits per heavy atom. The van der Waals surface area contributed by atoms with E-state index in [1.807, 2.05) is 12.1 Å². The van der Waals surface area contributed by atoms with Gasteiger partial charge >= 0.3 is 5.69 Å². The molecule has 0 bridgehead atoms. The van der Waals surface area contributed by atoms with E-state index in [0.717, 1.165) is 11.7 Å². The number of amides is 1. The summed E-state index contributed by atoms with van der Waals surface area (Å²) in [5.74, 6) is -0.752. The van der Waals surface area contributed by atoms with E-state index in [1.165, 1.54) is 12.4 Å². The van der Waals surface area contributed by atoms with Crippen LogP contribution < -0.4 is 16.2 Å². The van der Waals surface area contributed by atoms with E-state index < -0.39 is 16.5 Å². The van der Waals surface area contributed by atoms with Crippen LogP contribution in [0.1, 0.15) is 10.4 Å². The highest BCUT2D eigenvalue weighted by Crippen LogP contribution is 2.32. The van der Waals surface area contributed by atoms with Gasteiger partial charge in [0.15, 0.2) is 0 Å². The number of hydrogen-bond acceptors (Lipinski definition) is 9. The molecule has 0 saturated heterocycles. The van der Waals surface area contributed by atoms with Gasteiger partial charge in [0.25, 0.3) is 5.91 Å². The summed E-state index contributed by atoms with van der Waals surface area (Å²) in [5.41, 5.74) is 5.87. The number of fused-ring (bicyclic) bond motifs is 1. The van der Waals surface area contributed by atoms with Crippen LogP contribution in [0.5, 0.6) is 0 Å². The Balaban J connectivity index is 1.63. The number of rotatable bonds is 6. The number of anilines is 3. The molecule has 30 heavy (non-hydrogen) atoms. The number of pyridine rings is 2. The lowest BCUT2D eigenvalue weighted by Crippen LogP contribution is -2.30. The van der Waals surface area contributed by atoms with Crippen molar-refractivity contribution >= 4 is 39.8 Å². The molecule has 0 aliphatic heterocycles. The fourth-order valence-corrected chi connectivity index (χ4v) is 2.75. The van der Waals surface area contributed by atoms with Gasteiger partial charge in [-0.2, -0.15) is 0 Å². The molecule has 3 N–H and O–H groups in total. The van der Waals surface area contributed by atoms with Crippen LogP contribution in [-0.2, 0) is 0 Å². The van der Waals surface area contributed by atoms with Crippen molar-refractivity contribution in [3.63, 3.8) is 0 Å². The monoisotopic (exact) mass is 402 g/mol. The summed E-state index contributed by atoms with van der Waals surface area (Å²) < 4.78 is 0. The molecule has 0 saturated carbocycles. The van der Waals surface area contributed by atoms with Crippen LogP contribution in [0, 0.1) is 10.1 Å². The predicted octanol–water partition coefficient (Wildman–Crippen LogP) is 2.83. The third kappa shape index (κ3) is 3.80. The van der Waals surface area contributed by atoms with Crippen molar-refractivity contribution in [1.29, 1.82) is 0 Å². The molecule has 0 aliphatic carbocycles. The van der Waals surface area contributed by atoms with Gasteiger partial charge in [0.05, 0.1) is 21.7 Å². The number of carbonyl (C=O) groups excluding carboxylic acids is 1. The first-order valence-electron chi connectivity index (χ1n) is 8.70. The molecule has 3 aromatic heterocycles. The van der Waals surface area contributed by atoms with Gasteiger partial charge in [0.1, 0.15) is 6.33 Å². The van der Waals surface area contributed by atoms with Gasteiger partial charge in [0, 0.05) is 24.0 Å². The van der Waals surface area contributed by atoms with Gasteiger partial charge in [-0.25, -0.2) is 9.97 Å². The number of benzene rings is 1. The lowest BCUT2D eigenvalue weighted by atomic mass is 10.2. The zero-order chi connectivity index (χ0) is 20.9. The maximum absolute atomic E-state index is 12.2. The Morgan fingerprint density at radius 3 is 2.57 bits per heavy atom. The van der Waals surface area contributed by atoms with Crippen molar-refractivity contribution < 1.29 is 9.72 Å². The standard InChI is InChI=1S/C19H14N8O3/c28-19(13-6-2-8-20-10-13)26-25-18-16(27(29)30)17(22-11-23-18)24-14-7-1-4-12-5-3-9-21-15(12)14/h1-11H,(H,26,28)(H2,22,23,24,25). The smallest absolute Gasteiger partial charge is 0.332 e. The first-order valence-corrected chi connectivity index (χ1v) is 8.70. The SMILES string of the molecule is O=C(NNc1ncnc(Nc2cccc3cccnc23)c1[N+](=O)[O-])c1cccnc1. The second kappa shape index (κ2) is 8.14. The van der Waals surface area contributed by atoms with Crippen molar-refractivity contribution in [1.82, 2.24) is 25.4 Å². The molecular weight excluding hydrogens is 388 g/mol. The molecule has 11 heteroatoms. The van der Waals surface area contributed by atoms with Crippen LogP contribution in [0.4, 0.5) is 23.0 Å². The van der Waals surface area contributed by atoms with Crippen molar-refractivity contribution in [3.05, 3.63) is 83.1 Å². The van der Waals surface area contributed by atoms with Crippen LogP contribution in [0.2, 0.25) is 0 Å². The zero-order valence-electron chi connectivity index (χ0n) is 15.3. The molecule has 148 valence electrons. The Labute approximate surface area is 169 Å². The molecule has 0 atom stereocenters. The maximum Gasteiger partial charge on any atom is 0.355 e. The summed E-state index contributed by atoms with van der Waals surface area (Å²) in [6, 6.07) is 12.2. The number of hydrogen-bond donors (Lipinski definition) is 3. The van der Waals surface area contributed by atoms with Gasteiger partial charge in [0.2, 0.25) is 11.6 Å². The Bertz CT molecular complexity index is 1230. The molecule has 0 radical (unpaired) electrons. The lowest BCUT2D eigenvalue weighted by molar-refractivity contribution is -0.383. The molecule has 11 nitrogen and oxygen atoms in total. The van der Waals surface area contributed by atoms with Crippen LogP contribution in [0.15, 0.2) is 67.4 Å². The highest BCUT2D eigenvalue weighted by molar-refractivity contribution is 5.95. The van der Waals surface area contributed by atoms with E-state index in [0.29, 0.717) is 11.2 Å². The zero-order valence-corrected chi connectivity index (χ0v) is 15.3. The van der Waals surface area contributed by atoms with Crippen molar-refractivity contribution in [2.45, 2.75) is 0 Å². The second-order valence-corrected chi connectivity index (χ2v) is 6.00. The average Bonchev–Trinajstić information content (AvgIpc) is 2.78. The number of nitrogens with one attached hydrogen (secondary N) is 3. The predicted molar refractivity (Wildman–Crippen MR) is 109 cm³/mol. The van der Waals surface area contributed by atoms with Crippen LogP contribution in [0.3, 0.4) is 0 Å². The minimum atomic E-state index is -0.639. The molecule has 0 spiro atoms. The minimum Gasteiger partial charge on any atom is -0.332 e. The number of hydrazine groups is 1. The fraction of sp³-hybridized carbons (Fsp3) is 0. The number of nitrogens with zero attached hydrogens (tertiary/aromatic N) is 5. The van der Waals surface area contributed by atoms with Gasteiger partial charge in [-0.1, -0.05) is 18.2 Å². The van der Waals surface area contributed by atoms with Crippen molar-refractivity contribution in [2.75, 3.05) is 10.7 Å². The Hall–Kier alpha value is -4.67.